The monoisotopic (exact) mass is 449 g/mol. The maximum absolute atomic E-state index is 5.87. The van der Waals surface area contributed by atoms with Gasteiger partial charge in [0.2, 0.25) is 0 Å². The van der Waals surface area contributed by atoms with E-state index in [1.54, 1.807) is 0 Å². The third-order valence-corrected chi connectivity index (χ3v) is 4.46. The molecule has 0 aromatic heterocycles. The Morgan fingerprint density at radius 1 is 1.39 bits per heavy atom. The van der Waals surface area contributed by atoms with E-state index in [0.717, 1.165) is 38.0 Å². The van der Waals surface area contributed by atoms with Crippen LogP contribution in [0.1, 0.15) is 12.0 Å². The Balaban J connectivity index is 0.00000264. The number of likely N-dealkylation sites (tertiary alicyclic amines) is 1. The molecule has 130 valence electrons. The SMILES string of the molecule is CN=C(NCCSC)N1CCC(COCc2ccccc2)C1.I. The topological polar surface area (TPSA) is 36.9 Å². The van der Waals surface area contributed by atoms with Gasteiger partial charge in [0.05, 0.1) is 13.2 Å². The molecule has 6 heteroatoms. The number of benzene rings is 1. The smallest absolute Gasteiger partial charge is 0.193 e. The van der Waals surface area contributed by atoms with Crippen molar-refractivity contribution in [3.63, 3.8) is 0 Å². The normalized spacial score (nSPS) is 17.9. The van der Waals surface area contributed by atoms with Crippen molar-refractivity contribution in [2.45, 2.75) is 13.0 Å². The fraction of sp³-hybridized carbons (Fsp3) is 0.588. The minimum absolute atomic E-state index is 0. The number of hydrogen-bond acceptors (Lipinski definition) is 3. The first-order valence-corrected chi connectivity index (χ1v) is 9.29. The zero-order valence-corrected chi connectivity index (χ0v) is 17.2. The van der Waals surface area contributed by atoms with Gasteiger partial charge < -0.3 is 15.0 Å². The number of nitrogens with one attached hydrogen (secondary N) is 1. The molecule has 1 atom stereocenters. The molecule has 0 amide bonds. The predicted molar refractivity (Wildman–Crippen MR) is 111 cm³/mol. The summed E-state index contributed by atoms with van der Waals surface area (Å²) < 4.78 is 5.87. The van der Waals surface area contributed by atoms with Crippen molar-refractivity contribution in [3.05, 3.63) is 35.9 Å². The van der Waals surface area contributed by atoms with Gasteiger partial charge >= 0.3 is 0 Å². The van der Waals surface area contributed by atoms with Gasteiger partial charge in [-0.3, -0.25) is 4.99 Å². The third kappa shape index (κ3) is 7.30. The highest BCUT2D eigenvalue weighted by Crippen LogP contribution is 2.17. The second-order valence-electron chi connectivity index (χ2n) is 5.57. The van der Waals surface area contributed by atoms with Crippen molar-refractivity contribution in [2.75, 3.05) is 45.3 Å². The van der Waals surface area contributed by atoms with E-state index in [0.29, 0.717) is 12.5 Å². The lowest BCUT2D eigenvalue weighted by Gasteiger charge is -2.21. The summed E-state index contributed by atoms with van der Waals surface area (Å²) in [4.78, 5) is 6.73. The van der Waals surface area contributed by atoms with Crippen molar-refractivity contribution >= 4 is 41.7 Å². The summed E-state index contributed by atoms with van der Waals surface area (Å²) in [5.41, 5.74) is 1.24. The molecule has 0 spiro atoms. The van der Waals surface area contributed by atoms with Crippen LogP contribution in [-0.4, -0.2) is 56.2 Å². The molecule has 1 aromatic carbocycles. The van der Waals surface area contributed by atoms with Crippen LogP contribution in [-0.2, 0) is 11.3 Å². The molecule has 1 heterocycles. The van der Waals surface area contributed by atoms with Crippen LogP contribution in [0.15, 0.2) is 35.3 Å². The van der Waals surface area contributed by atoms with Gasteiger partial charge in [-0.15, -0.1) is 24.0 Å². The number of hydrogen-bond donors (Lipinski definition) is 1. The van der Waals surface area contributed by atoms with Gasteiger partial charge in [-0.1, -0.05) is 30.3 Å². The summed E-state index contributed by atoms with van der Waals surface area (Å²) >= 11 is 1.85. The summed E-state index contributed by atoms with van der Waals surface area (Å²) in [6.45, 7) is 4.61. The highest BCUT2D eigenvalue weighted by atomic mass is 127. The van der Waals surface area contributed by atoms with Gasteiger partial charge in [0.1, 0.15) is 0 Å². The summed E-state index contributed by atoms with van der Waals surface area (Å²) in [5, 5.41) is 3.43. The number of thioether (sulfide) groups is 1. The Bertz CT molecular complexity index is 458. The van der Waals surface area contributed by atoms with E-state index in [2.05, 4.69) is 45.7 Å². The first-order valence-electron chi connectivity index (χ1n) is 7.89. The summed E-state index contributed by atoms with van der Waals surface area (Å²) in [5.74, 6) is 2.73. The fourth-order valence-electron chi connectivity index (χ4n) is 2.68. The number of guanidine groups is 1. The van der Waals surface area contributed by atoms with Crippen LogP contribution in [0.2, 0.25) is 0 Å². The van der Waals surface area contributed by atoms with Crippen LogP contribution in [0.4, 0.5) is 0 Å². The molecule has 2 rings (SSSR count). The fourth-order valence-corrected chi connectivity index (χ4v) is 2.98. The maximum atomic E-state index is 5.87. The molecule has 23 heavy (non-hydrogen) atoms. The second kappa shape index (κ2) is 12.0. The summed E-state index contributed by atoms with van der Waals surface area (Å²) in [6.07, 6.45) is 3.30. The largest absolute Gasteiger partial charge is 0.376 e. The Labute approximate surface area is 161 Å². The molecule has 1 unspecified atom stereocenters. The molecule has 0 bridgehead atoms. The Morgan fingerprint density at radius 3 is 2.87 bits per heavy atom. The summed E-state index contributed by atoms with van der Waals surface area (Å²) in [7, 11) is 1.86. The average Bonchev–Trinajstić information content (AvgIpc) is 3.01. The zero-order chi connectivity index (χ0) is 15.6. The second-order valence-corrected chi connectivity index (χ2v) is 6.55. The van der Waals surface area contributed by atoms with Crippen molar-refractivity contribution < 1.29 is 4.74 Å². The van der Waals surface area contributed by atoms with Crippen LogP contribution in [0.3, 0.4) is 0 Å². The number of aliphatic imine (C=N–C) groups is 1. The molecule has 1 saturated heterocycles. The van der Waals surface area contributed by atoms with E-state index in [1.807, 2.05) is 24.9 Å². The first kappa shape index (κ1) is 20.6. The molecule has 1 aliphatic rings. The van der Waals surface area contributed by atoms with Crippen molar-refractivity contribution in [2.24, 2.45) is 10.9 Å². The van der Waals surface area contributed by atoms with Gasteiger partial charge in [-0.05, 0) is 18.2 Å². The summed E-state index contributed by atoms with van der Waals surface area (Å²) in [6, 6.07) is 10.4. The van der Waals surface area contributed by atoms with Crippen LogP contribution in [0, 0.1) is 5.92 Å². The first-order chi connectivity index (χ1) is 10.8. The van der Waals surface area contributed by atoms with E-state index in [9.17, 15) is 0 Å². The zero-order valence-electron chi connectivity index (χ0n) is 14.0. The van der Waals surface area contributed by atoms with E-state index in [1.165, 1.54) is 12.0 Å². The molecule has 1 aromatic rings. The van der Waals surface area contributed by atoms with E-state index in [-0.39, 0.29) is 24.0 Å². The molecule has 1 N–H and O–H groups in total. The standard InChI is InChI=1S/C17H27N3OS.HI/c1-18-17(19-9-11-22-2)20-10-8-16(12-20)14-21-13-15-6-4-3-5-7-15;/h3-7,16H,8-14H2,1-2H3,(H,18,19);1H. The predicted octanol–water partition coefficient (Wildman–Crippen LogP) is 3.08. The minimum Gasteiger partial charge on any atom is -0.376 e. The lowest BCUT2D eigenvalue weighted by molar-refractivity contribution is 0.0907. The van der Waals surface area contributed by atoms with Crippen molar-refractivity contribution in [1.82, 2.24) is 10.2 Å². The highest BCUT2D eigenvalue weighted by Gasteiger charge is 2.24. The maximum Gasteiger partial charge on any atom is 0.193 e. The van der Waals surface area contributed by atoms with Crippen LogP contribution < -0.4 is 5.32 Å². The Hall–Kier alpha value is -0.470. The van der Waals surface area contributed by atoms with Gasteiger partial charge in [0, 0.05) is 38.4 Å². The molecule has 1 fully saturated rings. The van der Waals surface area contributed by atoms with Gasteiger partial charge in [-0.25, -0.2) is 0 Å². The number of halogens is 1. The minimum atomic E-state index is 0. The van der Waals surface area contributed by atoms with E-state index >= 15 is 0 Å². The highest BCUT2D eigenvalue weighted by molar-refractivity contribution is 14.0. The number of rotatable bonds is 7. The van der Waals surface area contributed by atoms with Crippen LogP contribution in [0.25, 0.3) is 0 Å². The van der Waals surface area contributed by atoms with Crippen molar-refractivity contribution in [1.29, 1.82) is 0 Å². The molecule has 0 saturated carbocycles. The molecule has 1 aliphatic heterocycles. The Morgan fingerprint density at radius 2 is 2.17 bits per heavy atom. The van der Waals surface area contributed by atoms with E-state index in [4.69, 9.17) is 4.74 Å². The third-order valence-electron chi connectivity index (χ3n) is 3.85. The Kier molecular flexibility index (Phi) is 10.7. The molecule has 0 radical (unpaired) electrons. The van der Waals surface area contributed by atoms with Gasteiger partial charge in [0.25, 0.3) is 0 Å². The number of nitrogens with zero attached hydrogens (tertiary/aromatic N) is 2. The quantitative estimate of drug-likeness (QED) is 0.301. The molecular weight excluding hydrogens is 421 g/mol. The lowest BCUT2D eigenvalue weighted by atomic mass is 10.1. The van der Waals surface area contributed by atoms with Crippen LogP contribution >= 0.6 is 35.7 Å². The van der Waals surface area contributed by atoms with Crippen LogP contribution in [0.5, 0.6) is 0 Å². The molecule has 4 nitrogen and oxygen atoms in total. The lowest BCUT2D eigenvalue weighted by Crippen LogP contribution is -2.41. The average molecular weight is 449 g/mol. The van der Waals surface area contributed by atoms with Crippen molar-refractivity contribution in [3.8, 4) is 0 Å². The molecule has 0 aliphatic carbocycles. The van der Waals surface area contributed by atoms with Gasteiger partial charge in [0.15, 0.2) is 5.96 Å². The molecular formula is C17H28IN3OS. The van der Waals surface area contributed by atoms with E-state index < -0.39 is 0 Å². The number of ether oxygens (including phenoxy) is 1. The van der Waals surface area contributed by atoms with Gasteiger partial charge in [-0.2, -0.15) is 11.8 Å².